The Kier molecular flexibility index (Phi) is 10.3. The van der Waals surface area contributed by atoms with Gasteiger partial charge < -0.3 is 13.4 Å². The topological polar surface area (TPSA) is 53.2 Å². The number of furan rings is 1. The minimum atomic E-state index is 0.719. The molecule has 20 rings (SSSR count). The van der Waals surface area contributed by atoms with E-state index in [1.807, 2.05) is 36.4 Å². The first-order chi connectivity index (χ1) is 42.0. The highest BCUT2D eigenvalue weighted by Gasteiger charge is 2.24. The summed E-state index contributed by atoms with van der Waals surface area (Å²) in [6.07, 6.45) is 0. The zero-order chi connectivity index (χ0) is 56.0. The standard InChI is InChI=1S/C56H30N4OS.C15H11N.C7H8/c1-2-11-31(12-3-1)55-57-52-40-15-6-9-20-50(40)62-54(52)56(58-55)60-45-19-8-5-14-36(45)42-27-32(22-25-46(42)60)33-21-24-39-49(29-33)61-48-26-23-34-28-43-38-17-10-16-37-35-13-4-7-18-44(35)59(53(37)38)47(43)30-41(34)51(39)48;1-10-9-16-14-8-3-2-5-12(14)13-7-4-6-11(10)15(13)16;1-7-5-3-2-4-6-7/h1-30H;2-8H,1,9H2;2-6H,1H3. The van der Waals surface area contributed by atoms with E-state index in [4.69, 9.17) is 14.4 Å². The van der Waals surface area contributed by atoms with Crippen molar-refractivity contribution in [1.29, 1.82) is 0 Å². The van der Waals surface area contributed by atoms with Gasteiger partial charge in [0, 0.05) is 87.1 Å². The van der Waals surface area contributed by atoms with Gasteiger partial charge in [-0.15, -0.1) is 11.3 Å². The van der Waals surface area contributed by atoms with E-state index in [1.54, 1.807) is 11.3 Å². The fraction of sp³-hybridized carbons (Fsp3) is 0.0256. The average molecular weight is 1100 g/mol. The third-order valence-corrected chi connectivity index (χ3v) is 18.9. The van der Waals surface area contributed by atoms with Crippen molar-refractivity contribution < 1.29 is 4.42 Å². The molecule has 7 heteroatoms. The number of rotatable bonds is 3. The number of allylic oxidation sites excluding steroid dienone is 1. The second kappa shape index (κ2) is 18.3. The average Bonchev–Trinajstić information content (AvgIpc) is 1.74. The van der Waals surface area contributed by atoms with Crippen molar-refractivity contribution in [2.45, 2.75) is 13.5 Å². The second-order valence-electron chi connectivity index (χ2n) is 22.6. The Bertz CT molecular complexity index is 5980. The van der Waals surface area contributed by atoms with Crippen LogP contribution in [0.4, 0.5) is 0 Å². The minimum Gasteiger partial charge on any atom is -0.456 e. The van der Waals surface area contributed by atoms with E-state index in [0.717, 1.165) is 83.5 Å². The lowest BCUT2D eigenvalue weighted by molar-refractivity contribution is 0.669. The maximum absolute atomic E-state index is 6.73. The van der Waals surface area contributed by atoms with E-state index < -0.39 is 0 Å². The molecule has 0 amide bonds. The highest BCUT2D eigenvalue weighted by atomic mass is 32.1. The summed E-state index contributed by atoms with van der Waals surface area (Å²) in [4.78, 5) is 10.6. The van der Waals surface area contributed by atoms with Crippen LogP contribution in [0.2, 0.25) is 0 Å². The Labute approximate surface area is 490 Å². The number of aryl methyl sites for hydroxylation is 1. The molecule has 0 radical (unpaired) electrons. The van der Waals surface area contributed by atoms with Gasteiger partial charge in [-0.3, -0.25) is 4.57 Å². The van der Waals surface area contributed by atoms with Crippen molar-refractivity contribution in [1.82, 2.24) is 23.5 Å². The molecule has 85 heavy (non-hydrogen) atoms. The van der Waals surface area contributed by atoms with Crippen molar-refractivity contribution in [3.63, 3.8) is 0 Å². The molecule has 0 saturated carbocycles. The van der Waals surface area contributed by atoms with Crippen LogP contribution in [-0.2, 0) is 6.54 Å². The summed E-state index contributed by atoms with van der Waals surface area (Å²) in [6.45, 7) is 7.17. The molecule has 1 aliphatic rings. The predicted molar refractivity (Wildman–Crippen MR) is 359 cm³/mol. The lowest BCUT2D eigenvalue weighted by atomic mass is 9.98. The molecular weight excluding hydrogens is 1050 g/mol. The fourth-order valence-corrected chi connectivity index (χ4v) is 15.0. The molecule has 0 unspecified atom stereocenters. The predicted octanol–water partition coefficient (Wildman–Crippen LogP) is 21.3. The molecule has 19 aromatic rings. The molecule has 0 saturated heterocycles. The number of hydrogen-bond donors (Lipinski definition) is 0. The van der Waals surface area contributed by atoms with Crippen molar-refractivity contribution >= 4 is 152 Å². The zero-order valence-electron chi connectivity index (χ0n) is 46.2. The van der Waals surface area contributed by atoms with Gasteiger partial charge in [-0.1, -0.05) is 200 Å². The van der Waals surface area contributed by atoms with Gasteiger partial charge >= 0.3 is 0 Å². The van der Waals surface area contributed by atoms with E-state index in [9.17, 15) is 0 Å². The third-order valence-electron chi connectivity index (χ3n) is 17.7. The summed E-state index contributed by atoms with van der Waals surface area (Å²) < 4.78 is 16.2. The molecule has 0 spiro atoms. The number of hydrogen-bond acceptors (Lipinski definition) is 4. The largest absolute Gasteiger partial charge is 0.456 e. The van der Waals surface area contributed by atoms with Crippen LogP contribution in [0.25, 0.3) is 169 Å². The van der Waals surface area contributed by atoms with Crippen LogP contribution in [0.15, 0.2) is 266 Å². The summed E-state index contributed by atoms with van der Waals surface area (Å²) in [6, 6.07) is 91.0. The van der Waals surface area contributed by atoms with Crippen LogP contribution in [0.3, 0.4) is 0 Å². The number of nitrogens with zero attached hydrogens (tertiary/aromatic N) is 5. The fourth-order valence-electron chi connectivity index (χ4n) is 13.9. The smallest absolute Gasteiger partial charge is 0.162 e. The summed E-state index contributed by atoms with van der Waals surface area (Å²) in [7, 11) is 0. The van der Waals surface area contributed by atoms with Crippen molar-refractivity contribution in [2.24, 2.45) is 0 Å². The highest BCUT2D eigenvalue weighted by molar-refractivity contribution is 7.26. The van der Waals surface area contributed by atoms with E-state index in [-0.39, 0.29) is 0 Å². The van der Waals surface area contributed by atoms with E-state index in [1.165, 1.54) is 103 Å². The molecule has 12 aromatic carbocycles. The molecule has 398 valence electrons. The minimum absolute atomic E-state index is 0.719. The first-order valence-electron chi connectivity index (χ1n) is 28.9. The highest BCUT2D eigenvalue weighted by Crippen LogP contribution is 2.46. The Morgan fingerprint density at radius 3 is 1.82 bits per heavy atom. The van der Waals surface area contributed by atoms with Gasteiger partial charge in [0.2, 0.25) is 0 Å². The Morgan fingerprint density at radius 1 is 0.424 bits per heavy atom. The van der Waals surface area contributed by atoms with Crippen molar-refractivity contribution in [3.8, 4) is 28.3 Å². The summed E-state index contributed by atoms with van der Waals surface area (Å²) in [5, 5.41) is 16.1. The Morgan fingerprint density at radius 2 is 1.04 bits per heavy atom. The first kappa shape index (κ1) is 47.7. The van der Waals surface area contributed by atoms with Gasteiger partial charge in [0.15, 0.2) is 11.6 Å². The van der Waals surface area contributed by atoms with Crippen molar-refractivity contribution in [2.75, 3.05) is 0 Å². The third kappa shape index (κ3) is 7.11. The van der Waals surface area contributed by atoms with Crippen LogP contribution in [0, 0.1) is 6.92 Å². The number of thiophene rings is 1. The van der Waals surface area contributed by atoms with E-state index >= 15 is 0 Å². The van der Waals surface area contributed by atoms with E-state index in [0.29, 0.717) is 0 Å². The van der Waals surface area contributed by atoms with Gasteiger partial charge in [0.1, 0.15) is 11.2 Å². The molecule has 6 nitrogen and oxygen atoms in total. The van der Waals surface area contributed by atoms with Crippen LogP contribution in [-0.4, -0.2) is 23.5 Å². The van der Waals surface area contributed by atoms with Gasteiger partial charge in [0.05, 0.1) is 43.3 Å². The van der Waals surface area contributed by atoms with Crippen molar-refractivity contribution in [3.05, 3.63) is 272 Å². The molecular formula is C78H49N5OS. The summed E-state index contributed by atoms with van der Waals surface area (Å²) >= 11 is 1.76. The van der Waals surface area contributed by atoms with Crippen LogP contribution in [0.5, 0.6) is 0 Å². The number of fused-ring (bicyclic) bond motifs is 20. The van der Waals surface area contributed by atoms with Crippen LogP contribution in [0.1, 0.15) is 11.1 Å². The number of para-hydroxylation sites is 5. The quantitative estimate of drug-likeness (QED) is 0.177. The second-order valence-corrected chi connectivity index (χ2v) is 23.6. The molecule has 0 atom stereocenters. The normalized spacial score (nSPS) is 12.5. The maximum atomic E-state index is 6.73. The van der Waals surface area contributed by atoms with Crippen LogP contribution < -0.4 is 0 Å². The molecule has 0 aliphatic carbocycles. The molecule has 1 aliphatic heterocycles. The Balaban J connectivity index is 0.000000197. The molecule has 8 heterocycles. The van der Waals surface area contributed by atoms with Gasteiger partial charge in [-0.25, -0.2) is 9.97 Å². The molecule has 0 fully saturated rings. The number of benzene rings is 12. The molecule has 0 N–H and O–H groups in total. The van der Waals surface area contributed by atoms with Crippen LogP contribution >= 0.6 is 11.3 Å². The van der Waals surface area contributed by atoms with Gasteiger partial charge in [0.25, 0.3) is 0 Å². The maximum Gasteiger partial charge on any atom is 0.162 e. The summed E-state index contributed by atoms with van der Waals surface area (Å²) in [5.74, 6) is 1.62. The lowest BCUT2D eigenvalue weighted by Crippen LogP contribution is -2.01. The van der Waals surface area contributed by atoms with E-state index in [2.05, 4.69) is 245 Å². The summed E-state index contributed by atoms with van der Waals surface area (Å²) in [5.41, 5.74) is 18.5. The first-order valence-corrected chi connectivity index (χ1v) is 29.7. The molecule has 0 bridgehead atoms. The zero-order valence-corrected chi connectivity index (χ0v) is 47.0. The SMILES string of the molecule is C=C1Cn2c3ccccc3c3cccc1c32.Cc1ccccc1.c1ccc(-c2nc(-n3c4ccccc4c4cc(-c5ccc6c(c5)oc5ccc7cc8c9cccc%10c%11ccccc%11n(c8cc7c56)c%109)ccc43)c3sc4ccccc4c3n2)cc1. The van der Waals surface area contributed by atoms with Gasteiger partial charge in [-0.05, 0) is 101 Å². The Hall–Kier alpha value is -10.9. The lowest BCUT2D eigenvalue weighted by Gasteiger charge is -2.11. The molecule has 7 aromatic heterocycles. The monoisotopic (exact) mass is 1100 g/mol. The number of aromatic nitrogens is 5. The van der Waals surface area contributed by atoms with Gasteiger partial charge in [-0.2, -0.15) is 0 Å².